The second-order valence-electron chi connectivity index (χ2n) is 2.65. The van der Waals surface area contributed by atoms with Gasteiger partial charge in [-0.3, -0.25) is 0 Å². The van der Waals surface area contributed by atoms with Gasteiger partial charge in [0, 0.05) is 0 Å². The van der Waals surface area contributed by atoms with E-state index < -0.39 is 6.04 Å². The number of aromatic nitrogens is 3. The molecule has 0 aliphatic carbocycles. The van der Waals surface area contributed by atoms with E-state index in [-0.39, 0.29) is 5.97 Å². The molecule has 0 spiro atoms. The van der Waals surface area contributed by atoms with Crippen molar-refractivity contribution in [2.75, 3.05) is 6.61 Å². The fourth-order valence-corrected chi connectivity index (χ4v) is 1.55. The third kappa shape index (κ3) is 2.31. The molecular formula is C8H12BrN3O2. The van der Waals surface area contributed by atoms with Crippen LogP contribution in [0.15, 0.2) is 11.1 Å². The first kappa shape index (κ1) is 11.2. The number of esters is 1. The summed E-state index contributed by atoms with van der Waals surface area (Å²) in [6.07, 6.45) is 2.02. The van der Waals surface area contributed by atoms with Gasteiger partial charge >= 0.3 is 5.97 Å². The predicted octanol–water partition coefficient (Wildman–Crippen LogP) is 1.55. The summed E-state index contributed by atoms with van der Waals surface area (Å²) in [4.78, 5) is 15.4. The van der Waals surface area contributed by atoms with Gasteiger partial charge < -0.3 is 4.74 Å². The third-order valence-electron chi connectivity index (χ3n) is 1.77. The second kappa shape index (κ2) is 5.09. The molecule has 0 aliphatic heterocycles. The lowest BCUT2D eigenvalue weighted by molar-refractivity contribution is -0.147. The van der Waals surface area contributed by atoms with Gasteiger partial charge in [-0.1, -0.05) is 6.92 Å². The Morgan fingerprint density at radius 2 is 2.43 bits per heavy atom. The van der Waals surface area contributed by atoms with Gasteiger partial charge in [0.15, 0.2) is 10.8 Å². The van der Waals surface area contributed by atoms with Crippen LogP contribution in [0.5, 0.6) is 0 Å². The van der Waals surface area contributed by atoms with Crippen molar-refractivity contribution in [3.8, 4) is 0 Å². The topological polar surface area (TPSA) is 57.0 Å². The molecule has 0 saturated heterocycles. The van der Waals surface area contributed by atoms with Crippen LogP contribution in [0.4, 0.5) is 0 Å². The van der Waals surface area contributed by atoms with Crippen LogP contribution in [0.3, 0.4) is 0 Å². The SMILES string of the molecule is CCOC(=O)[C@H](CC)n1ncnc1Br. The largest absolute Gasteiger partial charge is 0.464 e. The monoisotopic (exact) mass is 261 g/mol. The van der Waals surface area contributed by atoms with Gasteiger partial charge in [-0.15, -0.1) is 0 Å². The van der Waals surface area contributed by atoms with Crippen molar-refractivity contribution in [1.82, 2.24) is 14.8 Å². The lowest BCUT2D eigenvalue weighted by Crippen LogP contribution is -2.22. The Morgan fingerprint density at radius 1 is 1.71 bits per heavy atom. The molecule has 78 valence electrons. The zero-order chi connectivity index (χ0) is 10.6. The average molecular weight is 262 g/mol. The predicted molar refractivity (Wildman–Crippen MR) is 53.7 cm³/mol. The van der Waals surface area contributed by atoms with E-state index in [4.69, 9.17) is 4.74 Å². The molecule has 1 atom stereocenters. The number of rotatable bonds is 4. The van der Waals surface area contributed by atoms with Crippen molar-refractivity contribution in [1.29, 1.82) is 0 Å². The highest BCUT2D eigenvalue weighted by molar-refractivity contribution is 9.10. The summed E-state index contributed by atoms with van der Waals surface area (Å²) in [5.41, 5.74) is 0. The Kier molecular flexibility index (Phi) is 4.06. The summed E-state index contributed by atoms with van der Waals surface area (Å²) < 4.78 is 6.98. The first-order valence-electron chi connectivity index (χ1n) is 4.42. The molecule has 14 heavy (non-hydrogen) atoms. The quantitative estimate of drug-likeness (QED) is 0.772. The van der Waals surface area contributed by atoms with E-state index in [1.165, 1.54) is 11.0 Å². The van der Waals surface area contributed by atoms with Crippen molar-refractivity contribution in [3.63, 3.8) is 0 Å². The minimum absolute atomic E-state index is 0.277. The Bertz CT molecular complexity index is 313. The maximum absolute atomic E-state index is 11.5. The Balaban J connectivity index is 2.82. The van der Waals surface area contributed by atoms with Crippen LogP contribution in [-0.2, 0) is 9.53 Å². The van der Waals surface area contributed by atoms with E-state index in [1.54, 1.807) is 6.92 Å². The van der Waals surface area contributed by atoms with E-state index in [0.717, 1.165) is 0 Å². The maximum Gasteiger partial charge on any atom is 0.331 e. The minimum Gasteiger partial charge on any atom is -0.464 e. The number of carbonyl (C=O) groups excluding carboxylic acids is 1. The molecule has 1 heterocycles. The zero-order valence-corrected chi connectivity index (χ0v) is 9.69. The average Bonchev–Trinajstić information content (AvgIpc) is 2.54. The third-order valence-corrected chi connectivity index (χ3v) is 2.34. The summed E-state index contributed by atoms with van der Waals surface area (Å²) in [5, 5.41) is 3.95. The summed E-state index contributed by atoms with van der Waals surface area (Å²) in [7, 11) is 0. The maximum atomic E-state index is 11.5. The summed E-state index contributed by atoms with van der Waals surface area (Å²) in [6.45, 7) is 4.05. The smallest absolute Gasteiger partial charge is 0.331 e. The molecule has 0 aliphatic rings. The van der Waals surface area contributed by atoms with E-state index in [1.807, 2.05) is 6.92 Å². The zero-order valence-electron chi connectivity index (χ0n) is 8.11. The second-order valence-corrected chi connectivity index (χ2v) is 3.36. The van der Waals surface area contributed by atoms with Gasteiger partial charge in [0.1, 0.15) is 6.33 Å². The molecule has 6 heteroatoms. The van der Waals surface area contributed by atoms with Crippen LogP contribution in [0, 0.1) is 0 Å². The molecule has 0 radical (unpaired) electrons. The van der Waals surface area contributed by atoms with Crippen LogP contribution in [-0.4, -0.2) is 27.3 Å². The van der Waals surface area contributed by atoms with Gasteiger partial charge in [0.05, 0.1) is 6.61 Å². The molecule has 0 saturated carbocycles. The normalized spacial score (nSPS) is 12.5. The highest BCUT2D eigenvalue weighted by atomic mass is 79.9. The number of ether oxygens (including phenoxy) is 1. The van der Waals surface area contributed by atoms with E-state index in [0.29, 0.717) is 17.8 Å². The number of halogens is 1. The van der Waals surface area contributed by atoms with E-state index in [9.17, 15) is 4.79 Å². The van der Waals surface area contributed by atoms with Gasteiger partial charge in [-0.05, 0) is 29.3 Å². The fraction of sp³-hybridized carbons (Fsp3) is 0.625. The van der Waals surface area contributed by atoms with Crippen LogP contribution >= 0.6 is 15.9 Å². The Hall–Kier alpha value is -0.910. The summed E-state index contributed by atoms with van der Waals surface area (Å²) in [5.74, 6) is -0.277. The molecule has 1 aromatic heterocycles. The number of carbonyl (C=O) groups is 1. The van der Waals surface area contributed by atoms with Crippen LogP contribution in [0.1, 0.15) is 26.3 Å². The molecule has 0 unspecified atom stereocenters. The number of nitrogens with zero attached hydrogens (tertiary/aromatic N) is 3. The Morgan fingerprint density at radius 3 is 2.86 bits per heavy atom. The Labute approximate surface area is 90.6 Å². The molecule has 0 amide bonds. The number of hydrogen-bond donors (Lipinski definition) is 0. The van der Waals surface area contributed by atoms with Crippen molar-refractivity contribution < 1.29 is 9.53 Å². The summed E-state index contributed by atoms with van der Waals surface area (Å²) >= 11 is 3.21. The van der Waals surface area contributed by atoms with Crippen molar-refractivity contribution >= 4 is 21.9 Å². The fourth-order valence-electron chi connectivity index (χ4n) is 1.12. The molecule has 0 fully saturated rings. The standard InChI is InChI=1S/C8H12BrN3O2/c1-3-6(7(13)14-4-2)12-8(9)10-5-11-12/h5-6H,3-4H2,1-2H3/t6-/m0/s1. The molecular weight excluding hydrogens is 250 g/mol. The molecule has 5 nitrogen and oxygen atoms in total. The first-order valence-corrected chi connectivity index (χ1v) is 5.21. The molecule has 1 rings (SSSR count). The van der Waals surface area contributed by atoms with Gasteiger partial charge in [-0.2, -0.15) is 5.10 Å². The van der Waals surface area contributed by atoms with Gasteiger partial charge in [0.2, 0.25) is 0 Å². The summed E-state index contributed by atoms with van der Waals surface area (Å²) in [6, 6.07) is -0.396. The molecule has 0 aromatic carbocycles. The lowest BCUT2D eigenvalue weighted by Gasteiger charge is -2.13. The van der Waals surface area contributed by atoms with Crippen LogP contribution < -0.4 is 0 Å². The highest BCUT2D eigenvalue weighted by Crippen LogP contribution is 2.16. The van der Waals surface area contributed by atoms with Crippen LogP contribution in [0.25, 0.3) is 0 Å². The van der Waals surface area contributed by atoms with E-state index >= 15 is 0 Å². The molecule has 0 bridgehead atoms. The van der Waals surface area contributed by atoms with Crippen molar-refractivity contribution in [2.24, 2.45) is 0 Å². The lowest BCUT2D eigenvalue weighted by atomic mass is 10.2. The van der Waals surface area contributed by atoms with E-state index in [2.05, 4.69) is 26.0 Å². The highest BCUT2D eigenvalue weighted by Gasteiger charge is 2.22. The van der Waals surface area contributed by atoms with Crippen molar-refractivity contribution in [3.05, 3.63) is 11.1 Å². The number of hydrogen-bond acceptors (Lipinski definition) is 4. The van der Waals surface area contributed by atoms with Gasteiger partial charge in [0.25, 0.3) is 0 Å². The van der Waals surface area contributed by atoms with Gasteiger partial charge in [-0.25, -0.2) is 14.5 Å². The van der Waals surface area contributed by atoms with Crippen molar-refractivity contribution in [2.45, 2.75) is 26.3 Å². The molecule has 1 aromatic rings. The first-order chi connectivity index (χ1) is 6.70. The minimum atomic E-state index is -0.396. The van der Waals surface area contributed by atoms with Crippen LogP contribution in [0.2, 0.25) is 0 Å². The molecule has 0 N–H and O–H groups in total.